The van der Waals surface area contributed by atoms with Crippen molar-refractivity contribution in [2.24, 2.45) is 0 Å². The predicted octanol–water partition coefficient (Wildman–Crippen LogP) is 2.05. The number of benzene rings is 1. The Bertz CT molecular complexity index is 821. The van der Waals surface area contributed by atoms with Gasteiger partial charge in [0.1, 0.15) is 11.4 Å². The smallest absolute Gasteiger partial charge is 0.274 e. The van der Waals surface area contributed by atoms with Gasteiger partial charge in [0.2, 0.25) is 0 Å². The number of rotatable bonds is 3. The van der Waals surface area contributed by atoms with E-state index in [0.717, 1.165) is 5.56 Å². The van der Waals surface area contributed by atoms with Crippen molar-refractivity contribution in [2.75, 3.05) is 33.3 Å². The maximum atomic E-state index is 12.9. The zero-order valence-corrected chi connectivity index (χ0v) is 15.4. The van der Waals surface area contributed by atoms with Crippen LogP contribution in [-0.2, 0) is 0 Å². The van der Waals surface area contributed by atoms with Gasteiger partial charge in [0.25, 0.3) is 11.8 Å². The molecule has 0 N–H and O–H groups in total. The van der Waals surface area contributed by atoms with E-state index < -0.39 is 0 Å². The predicted molar refractivity (Wildman–Crippen MR) is 96.6 cm³/mol. The van der Waals surface area contributed by atoms with Crippen molar-refractivity contribution in [2.45, 2.75) is 6.92 Å². The largest absolute Gasteiger partial charge is 0.496 e. The van der Waals surface area contributed by atoms with Gasteiger partial charge < -0.3 is 14.5 Å². The van der Waals surface area contributed by atoms with Crippen LogP contribution in [0.15, 0.2) is 30.7 Å². The minimum Gasteiger partial charge on any atom is -0.496 e. The summed E-state index contributed by atoms with van der Waals surface area (Å²) in [6.07, 6.45) is 4.45. The summed E-state index contributed by atoms with van der Waals surface area (Å²) >= 11 is 6.10. The van der Waals surface area contributed by atoms with Crippen LogP contribution >= 0.6 is 11.6 Å². The highest BCUT2D eigenvalue weighted by Crippen LogP contribution is 2.29. The highest BCUT2D eigenvalue weighted by atomic mass is 35.5. The molecule has 0 saturated carbocycles. The number of aromatic nitrogens is 2. The van der Waals surface area contributed by atoms with E-state index in [0.29, 0.717) is 48.2 Å². The van der Waals surface area contributed by atoms with Crippen molar-refractivity contribution in [1.82, 2.24) is 19.8 Å². The standard InChI is InChI=1S/C18H19ClN4O3/c1-12-9-13(19)10-14(16(12)26-2)17(24)22-5-7-23(8-6-22)18(25)15-11-20-3-4-21-15/h3-4,9-11H,5-8H2,1-2H3. The zero-order valence-electron chi connectivity index (χ0n) is 14.6. The molecule has 0 aliphatic carbocycles. The Morgan fingerprint density at radius 1 is 1.08 bits per heavy atom. The second-order valence-corrected chi connectivity index (χ2v) is 6.41. The number of halogens is 1. The minimum atomic E-state index is -0.179. The molecule has 0 bridgehead atoms. The molecule has 1 saturated heterocycles. The van der Waals surface area contributed by atoms with Crippen molar-refractivity contribution in [3.8, 4) is 5.75 Å². The molecule has 0 spiro atoms. The fourth-order valence-electron chi connectivity index (χ4n) is 3.01. The molecule has 0 unspecified atom stereocenters. The Morgan fingerprint density at radius 3 is 2.31 bits per heavy atom. The van der Waals surface area contributed by atoms with Crippen LogP contribution < -0.4 is 4.74 Å². The van der Waals surface area contributed by atoms with E-state index in [1.54, 1.807) is 21.9 Å². The normalized spacial score (nSPS) is 14.3. The first-order valence-corrected chi connectivity index (χ1v) is 8.57. The fraction of sp³-hybridized carbons (Fsp3) is 0.333. The van der Waals surface area contributed by atoms with Crippen LogP contribution in [0.25, 0.3) is 0 Å². The molecular formula is C18H19ClN4O3. The third kappa shape index (κ3) is 3.62. The third-order valence-corrected chi connectivity index (χ3v) is 4.53. The number of carbonyl (C=O) groups is 2. The molecule has 26 heavy (non-hydrogen) atoms. The van der Waals surface area contributed by atoms with Crippen LogP contribution in [0.1, 0.15) is 26.4 Å². The zero-order chi connectivity index (χ0) is 18.7. The Balaban J connectivity index is 1.71. The molecule has 8 heteroatoms. The molecule has 1 aromatic heterocycles. The highest BCUT2D eigenvalue weighted by molar-refractivity contribution is 6.31. The molecule has 1 aromatic carbocycles. The van der Waals surface area contributed by atoms with Gasteiger partial charge in [-0.05, 0) is 24.6 Å². The van der Waals surface area contributed by atoms with Crippen LogP contribution in [0.5, 0.6) is 5.75 Å². The molecule has 1 aliphatic rings. The number of hydrogen-bond acceptors (Lipinski definition) is 5. The molecule has 2 aromatic rings. The number of carbonyl (C=O) groups excluding carboxylic acids is 2. The molecule has 1 fully saturated rings. The van der Waals surface area contributed by atoms with Crippen molar-refractivity contribution in [1.29, 1.82) is 0 Å². The number of nitrogens with zero attached hydrogens (tertiary/aromatic N) is 4. The average Bonchev–Trinajstić information content (AvgIpc) is 2.67. The van der Waals surface area contributed by atoms with Gasteiger partial charge in [0.05, 0.1) is 18.9 Å². The average molecular weight is 375 g/mol. The van der Waals surface area contributed by atoms with Gasteiger partial charge in [-0.3, -0.25) is 14.6 Å². The Kier molecular flexibility index (Phi) is 5.37. The van der Waals surface area contributed by atoms with Gasteiger partial charge in [-0.25, -0.2) is 4.98 Å². The van der Waals surface area contributed by atoms with E-state index in [-0.39, 0.29) is 11.8 Å². The Hall–Kier alpha value is -2.67. The topological polar surface area (TPSA) is 75.6 Å². The number of piperazine rings is 1. The van der Waals surface area contributed by atoms with E-state index in [1.165, 1.54) is 25.7 Å². The molecule has 3 rings (SSSR count). The fourth-order valence-corrected chi connectivity index (χ4v) is 3.29. The lowest BCUT2D eigenvalue weighted by atomic mass is 10.1. The van der Waals surface area contributed by atoms with Crippen LogP contribution in [0, 0.1) is 6.92 Å². The van der Waals surface area contributed by atoms with Crippen LogP contribution in [0.3, 0.4) is 0 Å². The summed E-state index contributed by atoms with van der Waals surface area (Å²) < 4.78 is 5.37. The quantitative estimate of drug-likeness (QED) is 0.821. The van der Waals surface area contributed by atoms with Gasteiger partial charge in [0.15, 0.2) is 0 Å². The van der Waals surface area contributed by atoms with E-state index in [4.69, 9.17) is 16.3 Å². The van der Waals surface area contributed by atoms with E-state index in [2.05, 4.69) is 9.97 Å². The minimum absolute atomic E-state index is 0.154. The second-order valence-electron chi connectivity index (χ2n) is 5.98. The van der Waals surface area contributed by atoms with Gasteiger partial charge in [-0.15, -0.1) is 0 Å². The first kappa shape index (κ1) is 18.1. The first-order chi connectivity index (χ1) is 12.5. The van der Waals surface area contributed by atoms with Gasteiger partial charge in [-0.2, -0.15) is 0 Å². The van der Waals surface area contributed by atoms with Crippen LogP contribution in [0.2, 0.25) is 5.02 Å². The number of methoxy groups -OCH3 is 1. The van der Waals surface area contributed by atoms with Gasteiger partial charge >= 0.3 is 0 Å². The lowest BCUT2D eigenvalue weighted by Crippen LogP contribution is -2.50. The molecule has 0 radical (unpaired) electrons. The van der Waals surface area contributed by atoms with Crippen molar-refractivity contribution in [3.63, 3.8) is 0 Å². The summed E-state index contributed by atoms with van der Waals surface area (Å²) in [5.41, 5.74) is 1.55. The molecule has 2 amide bonds. The lowest BCUT2D eigenvalue weighted by Gasteiger charge is -2.34. The van der Waals surface area contributed by atoms with Crippen molar-refractivity contribution in [3.05, 3.63) is 52.6 Å². The third-order valence-electron chi connectivity index (χ3n) is 4.31. The first-order valence-electron chi connectivity index (χ1n) is 8.20. The number of amides is 2. The van der Waals surface area contributed by atoms with Crippen LogP contribution in [-0.4, -0.2) is 64.9 Å². The molecular weight excluding hydrogens is 356 g/mol. The summed E-state index contributed by atoms with van der Waals surface area (Å²) in [5, 5.41) is 0.489. The molecule has 0 atom stereocenters. The van der Waals surface area contributed by atoms with Crippen molar-refractivity contribution < 1.29 is 14.3 Å². The maximum Gasteiger partial charge on any atom is 0.274 e. The maximum absolute atomic E-state index is 12.9. The summed E-state index contributed by atoms with van der Waals surface area (Å²) in [5.74, 6) is 0.192. The van der Waals surface area contributed by atoms with Crippen LogP contribution in [0.4, 0.5) is 0 Å². The van der Waals surface area contributed by atoms with E-state index in [9.17, 15) is 9.59 Å². The van der Waals surface area contributed by atoms with Gasteiger partial charge in [0, 0.05) is 43.6 Å². The number of hydrogen-bond donors (Lipinski definition) is 0. The summed E-state index contributed by atoms with van der Waals surface area (Å²) in [6, 6.07) is 3.38. The number of ether oxygens (including phenoxy) is 1. The van der Waals surface area contributed by atoms with E-state index >= 15 is 0 Å². The summed E-state index contributed by atoms with van der Waals surface area (Å²) in [4.78, 5) is 36.6. The SMILES string of the molecule is COc1c(C)cc(Cl)cc1C(=O)N1CCN(C(=O)c2cnccn2)CC1. The highest BCUT2D eigenvalue weighted by Gasteiger charge is 2.28. The molecule has 1 aliphatic heterocycles. The monoisotopic (exact) mass is 374 g/mol. The summed E-state index contributed by atoms with van der Waals surface area (Å²) in [6.45, 7) is 3.57. The summed E-state index contributed by atoms with van der Waals surface area (Å²) in [7, 11) is 1.53. The van der Waals surface area contributed by atoms with Gasteiger partial charge in [-0.1, -0.05) is 11.6 Å². The molecule has 7 nitrogen and oxygen atoms in total. The Labute approximate surface area is 156 Å². The molecule has 136 valence electrons. The Morgan fingerprint density at radius 2 is 1.73 bits per heavy atom. The van der Waals surface area contributed by atoms with Crippen molar-refractivity contribution >= 4 is 23.4 Å². The lowest BCUT2D eigenvalue weighted by molar-refractivity contribution is 0.0530. The number of aryl methyl sites for hydroxylation is 1. The second kappa shape index (κ2) is 7.70. The molecule has 2 heterocycles. The van der Waals surface area contributed by atoms with E-state index in [1.807, 2.05) is 6.92 Å².